The van der Waals surface area contributed by atoms with Crippen LogP contribution in [0.15, 0.2) is 46.9 Å². The Labute approximate surface area is 142 Å². The third kappa shape index (κ3) is 3.70. The van der Waals surface area contributed by atoms with Crippen molar-refractivity contribution in [3.63, 3.8) is 0 Å². The number of benzene rings is 2. The molecule has 0 atom stereocenters. The molecule has 0 saturated heterocycles. The van der Waals surface area contributed by atoms with Crippen LogP contribution >= 0.6 is 27.5 Å². The monoisotopic (exact) mass is 380 g/mol. The lowest BCUT2D eigenvalue weighted by Crippen LogP contribution is -1.95. The van der Waals surface area contributed by atoms with Crippen LogP contribution in [0, 0.1) is 0 Å². The zero-order chi connectivity index (χ0) is 16.1. The Hall–Kier alpha value is -1.78. The molecule has 0 N–H and O–H groups in total. The first kappa shape index (κ1) is 16.6. The van der Waals surface area contributed by atoms with Crippen LogP contribution in [0.3, 0.4) is 0 Å². The summed E-state index contributed by atoms with van der Waals surface area (Å²) >= 11 is 9.61. The van der Waals surface area contributed by atoms with Crippen molar-refractivity contribution >= 4 is 39.4 Å². The zero-order valence-electron chi connectivity index (χ0n) is 12.1. The summed E-state index contributed by atoms with van der Waals surface area (Å²) in [7, 11) is 3.06. The predicted octanol–water partition coefficient (Wildman–Crippen LogP) is 5.02. The largest absolute Gasteiger partial charge is 0.493 e. The summed E-state index contributed by atoms with van der Waals surface area (Å²) < 4.78 is 11.3. The maximum Gasteiger partial charge on any atom is 0.185 e. The van der Waals surface area contributed by atoms with Gasteiger partial charge in [-0.15, -0.1) is 0 Å². The molecule has 0 aliphatic heterocycles. The summed E-state index contributed by atoms with van der Waals surface area (Å²) in [5, 5.41) is 0.404. The zero-order valence-corrected chi connectivity index (χ0v) is 14.4. The van der Waals surface area contributed by atoms with Crippen molar-refractivity contribution < 1.29 is 14.3 Å². The van der Waals surface area contributed by atoms with Gasteiger partial charge in [-0.05, 0) is 54.1 Å². The van der Waals surface area contributed by atoms with Crippen molar-refractivity contribution in [1.29, 1.82) is 0 Å². The van der Waals surface area contributed by atoms with Crippen LogP contribution in [0.2, 0.25) is 5.02 Å². The van der Waals surface area contributed by atoms with Crippen LogP contribution in [-0.4, -0.2) is 20.0 Å². The number of carbonyl (C=O) groups excluding carboxylic acids is 1. The van der Waals surface area contributed by atoms with Gasteiger partial charge in [-0.3, -0.25) is 4.79 Å². The van der Waals surface area contributed by atoms with Gasteiger partial charge in [-0.2, -0.15) is 0 Å². The van der Waals surface area contributed by atoms with E-state index in [0.29, 0.717) is 27.6 Å². The molecule has 0 spiro atoms. The summed E-state index contributed by atoms with van der Waals surface area (Å²) in [4.78, 5) is 12.1. The smallest absolute Gasteiger partial charge is 0.185 e. The van der Waals surface area contributed by atoms with Crippen LogP contribution in [0.25, 0.3) is 6.08 Å². The fourth-order valence-electron chi connectivity index (χ4n) is 1.91. The molecule has 0 amide bonds. The SMILES string of the molecule is COc1ccc(/C=C/C(=O)c2ccc(Br)cc2)c(Cl)c1OC. The molecule has 114 valence electrons. The van der Waals surface area contributed by atoms with Crippen LogP contribution < -0.4 is 9.47 Å². The minimum Gasteiger partial charge on any atom is -0.493 e. The molecule has 0 aliphatic carbocycles. The number of hydrogen-bond donors (Lipinski definition) is 0. The highest BCUT2D eigenvalue weighted by Crippen LogP contribution is 2.37. The third-order valence-corrected chi connectivity index (χ3v) is 3.98. The van der Waals surface area contributed by atoms with Crippen molar-refractivity contribution in [3.05, 3.63) is 63.1 Å². The van der Waals surface area contributed by atoms with E-state index in [1.807, 2.05) is 12.1 Å². The topological polar surface area (TPSA) is 35.5 Å². The molecule has 0 bridgehead atoms. The number of halogens is 2. The fraction of sp³-hybridized carbons (Fsp3) is 0.118. The van der Waals surface area contributed by atoms with Gasteiger partial charge in [0.1, 0.15) is 0 Å². The fourth-order valence-corrected chi connectivity index (χ4v) is 2.47. The van der Waals surface area contributed by atoms with Gasteiger partial charge < -0.3 is 9.47 Å². The van der Waals surface area contributed by atoms with Gasteiger partial charge >= 0.3 is 0 Å². The van der Waals surface area contributed by atoms with E-state index in [1.54, 1.807) is 37.5 Å². The Bertz CT molecular complexity index is 709. The molecule has 0 heterocycles. The summed E-state index contributed by atoms with van der Waals surface area (Å²) in [6.45, 7) is 0. The van der Waals surface area contributed by atoms with Crippen LogP contribution in [0.1, 0.15) is 15.9 Å². The molecule has 2 aromatic carbocycles. The quantitative estimate of drug-likeness (QED) is 0.539. The molecule has 2 aromatic rings. The Morgan fingerprint density at radius 2 is 1.77 bits per heavy atom. The van der Waals surface area contributed by atoms with Crippen LogP contribution in [0.4, 0.5) is 0 Å². The van der Waals surface area contributed by atoms with E-state index < -0.39 is 0 Å². The molecular formula is C17H14BrClO3. The summed E-state index contributed by atoms with van der Waals surface area (Å²) in [5.74, 6) is 0.893. The van der Waals surface area contributed by atoms with Crippen molar-refractivity contribution in [2.75, 3.05) is 14.2 Å². The standard InChI is InChI=1S/C17H14BrClO3/c1-21-15-10-6-12(16(19)17(15)22-2)5-9-14(20)11-3-7-13(18)8-4-11/h3-10H,1-2H3/b9-5+. The number of ether oxygens (including phenoxy) is 2. The minimum absolute atomic E-state index is 0.0987. The van der Waals surface area contributed by atoms with E-state index >= 15 is 0 Å². The number of allylic oxidation sites excluding steroid dienone is 1. The van der Waals surface area contributed by atoms with E-state index in [0.717, 1.165) is 4.47 Å². The van der Waals surface area contributed by atoms with Crippen molar-refractivity contribution in [2.24, 2.45) is 0 Å². The first-order valence-electron chi connectivity index (χ1n) is 6.45. The molecule has 0 aromatic heterocycles. The van der Waals surface area contributed by atoms with Crippen LogP contribution in [-0.2, 0) is 0 Å². The minimum atomic E-state index is -0.0987. The van der Waals surface area contributed by atoms with Crippen molar-refractivity contribution in [2.45, 2.75) is 0 Å². The summed E-state index contributed by atoms with van der Waals surface area (Å²) in [6.07, 6.45) is 3.14. The Morgan fingerprint density at radius 3 is 2.36 bits per heavy atom. The number of rotatable bonds is 5. The maximum absolute atomic E-state index is 12.1. The molecular weight excluding hydrogens is 368 g/mol. The van der Waals surface area contributed by atoms with Crippen molar-refractivity contribution in [1.82, 2.24) is 0 Å². The highest BCUT2D eigenvalue weighted by atomic mass is 79.9. The molecule has 5 heteroatoms. The summed E-state index contributed by atoms with van der Waals surface area (Å²) in [5.41, 5.74) is 1.29. The lowest BCUT2D eigenvalue weighted by molar-refractivity contribution is 0.104. The van der Waals surface area contributed by atoms with Gasteiger partial charge in [0.15, 0.2) is 17.3 Å². The Morgan fingerprint density at radius 1 is 1.09 bits per heavy atom. The van der Waals surface area contributed by atoms with E-state index in [-0.39, 0.29) is 5.78 Å². The average Bonchev–Trinajstić information content (AvgIpc) is 2.53. The van der Waals surface area contributed by atoms with Gasteiger partial charge in [0.2, 0.25) is 0 Å². The van der Waals surface area contributed by atoms with Gasteiger partial charge in [-0.1, -0.05) is 27.5 Å². The van der Waals surface area contributed by atoms with Gasteiger partial charge in [0.05, 0.1) is 19.2 Å². The first-order chi connectivity index (χ1) is 10.6. The molecule has 0 radical (unpaired) electrons. The molecule has 0 unspecified atom stereocenters. The maximum atomic E-state index is 12.1. The van der Waals surface area contributed by atoms with Crippen LogP contribution in [0.5, 0.6) is 11.5 Å². The number of carbonyl (C=O) groups is 1. The Kier molecular flexibility index (Phi) is 5.63. The van der Waals surface area contributed by atoms with E-state index in [9.17, 15) is 4.79 Å². The van der Waals surface area contributed by atoms with E-state index in [2.05, 4.69) is 15.9 Å². The predicted molar refractivity (Wildman–Crippen MR) is 92.1 cm³/mol. The first-order valence-corrected chi connectivity index (χ1v) is 7.62. The molecule has 22 heavy (non-hydrogen) atoms. The highest BCUT2D eigenvalue weighted by molar-refractivity contribution is 9.10. The van der Waals surface area contributed by atoms with Gasteiger partial charge in [0.25, 0.3) is 0 Å². The number of hydrogen-bond acceptors (Lipinski definition) is 3. The molecule has 2 rings (SSSR count). The molecule has 0 saturated carbocycles. The molecule has 0 aliphatic rings. The normalized spacial score (nSPS) is 10.7. The van der Waals surface area contributed by atoms with E-state index in [4.69, 9.17) is 21.1 Å². The Balaban J connectivity index is 2.26. The number of methoxy groups -OCH3 is 2. The lowest BCUT2D eigenvalue weighted by atomic mass is 10.1. The molecule has 0 fully saturated rings. The third-order valence-electron chi connectivity index (χ3n) is 3.06. The molecule has 3 nitrogen and oxygen atoms in total. The lowest BCUT2D eigenvalue weighted by Gasteiger charge is -2.10. The number of ketones is 1. The average molecular weight is 382 g/mol. The second-order valence-corrected chi connectivity index (χ2v) is 5.70. The second kappa shape index (κ2) is 7.47. The van der Waals surface area contributed by atoms with Crippen molar-refractivity contribution in [3.8, 4) is 11.5 Å². The summed E-state index contributed by atoms with van der Waals surface area (Å²) in [6, 6.07) is 10.7. The van der Waals surface area contributed by atoms with Gasteiger partial charge in [0, 0.05) is 10.0 Å². The van der Waals surface area contributed by atoms with Gasteiger partial charge in [-0.25, -0.2) is 0 Å². The highest BCUT2D eigenvalue weighted by Gasteiger charge is 2.11. The van der Waals surface area contributed by atoms with E-state index in [1.165, 1.54) is 13.2 Å². The second-order valence-electron chi connectivity index (χ2n) is 4.41.